The first kappa shape index (κ1) is 16.0. The van der Waals surface area contributed by atoms with Crippen molar-refractivity contribution in [2.75, 3.05) is 5.75 Å². The van der Waals surface area contributed by atoms with E-state index < -0.39 is 5.97 Å². The topological polar surface area (TPSA) is 63.1 Å². The lowest BCUT2D eigenvalue weighted by molar-refractivity contribution is -0.136. The molecule has 2 aromatic carbocycles. The molecule has 3 aromatic rings. The summed E-state index contributed by atoms with van der Waals surface area (Å²) in [6.45, 7) is 0. The minimum atomic E-state index is -0.804. The number of nitrogens with zero attached hydrogens (tertiary/aromatic N) is 2. The zero-order valence-corrected chi connectivity index (χ0v) is 14.5. The van der Waals surface area contributed by atoms with Crippen LogP contribution in [0.4, 0.5) is 0 Å². The molecule has 0 amide bonds. The predicted octanol–water partition coefficient (Wildman–Crippen LogP) is 4.63. The van der Waals surface area contributed by atoms with E-state index in [1.54, 1.807) is 0 Å². The van der Waals surface area contributed by atoms with E-state index in [1.165, 1.54) is 11.8 Å². The van der Waals surface area contributed by atoms with E-state index in [0.717, 1.165) is 31.5 Å². The Bertz CT molecular complexity index is 853. The second-order valence-corrected chi connectivity index (χ2v) is 6.90. The lowest BCUT2D eigenvalue weighted by Crippen LogP contribution is -1.98. The van der Waals surface area contributed by atoms with Crippen LogP contribution in [0.3, 0.4) is 0 Å². The molecule has 0 radical (unpaired) electrons. The minimum Gasteiger partial charge on any atom is -0.481 e. The standard InChI is InChI=1S/C17H13BrN2O2S/c18-12-7-5-11(6-8-12)16-13-3-1-2-4-14(13)17(20-19-16)23-10-9-15(21)22/h1-8H,9-10H2,(H,21,22). The quantitative estimate of drug-likeness (QED) is 0.645. The maximum atomic E-state index is 10.7. The molecule has 0 aliphatic rings. The number of carboxylic acids is 1. The molecule has 4 nitrogen and oxygen atoms in total. The fourth-order valence-corrected chi connectivity index (χ4v) is 3.41. The normalized spacial score (nSPS) is 10.8. The molecule has 0 atom stereocenters. The molecule has 0 saturated heterocycles. The molecule has 1 aromatic heterocycles. The maximum Gasteiger partial charge on any atom is 0.304 e. The average Bonchev–Trinajstić information content (AvgIpc) is 2.56. The first-order valence-electron chi connectivity index (χ1n) is 7.01. The third-order valence-electron chi connectivity index (χ3n) is 3.33. The Balaban J connectivity index is 2.02. The fourth-order valence-electron chi connectivity index (χ4n) is 2.24. The number of benzene rings is 2. The summed E-state index contributed by atoms with van der Waals surface area (Å²) in [7, 11) is 0. The van der Waals surface area contributed by atoms with E-state index in [2.05, 4.69) is 26.1 Å². The molecule has 0 unspecified atom stereocenters. The van der Waals surface area contributed by atoms with Gasteiger partial charge in [0, 0.05) is 26.6 Å². The van der Waals surface area contributed by atoms with Crippen LogP contribution < -0.4 is 0 Å². The SMILES string of the molecule is O=C(O)CCSc1nnc(-c2ccc(Br)cc2)c2ccccc12. The van der Waals surface area contributed by atoms with Gasteiger partial charge in [-0.15, -0.1) is 22.0 Å². The molecule has 1 heterocycles. The van der Waals surface area contributed by atoms with Gasteiger partial charge in [-0.2, -0.15) is 0 Å². The zero-order chi connectivity index (χ0) is 16.2. The molecule has 0 fully saturated rings. The van der Waals surface area contributed by atoms with Gasteiger partial charge < -0.3 is 5.11 Å². The molecule has 0 bridgehead atoms. The summed E-state index contributed by atoms with van der Waals surface area (Å²) in [6, 6.07) is 15.9. The minimum absolute atomic E-state index is 0.106. The van der Waals surface area contributed by atoms with Crippen LogP contribution in [-0.4, -0.2) is 27.0 Å². The molecular weight excluding hydrogens is 376 g/mol. The summed E-state index contributed by atoms with van der Waals surface area (Å²) in [4.78, 5) is 10.7. The number of hydrogen-bond donors (Lipinski definition) is 1. The smallest absolute Gasteiger partial charge is 0.304 e. The third kappa shape index (κ3) is 3.71. The summed E-state index contributed by atoms with van der Waals surface area (Å²) in [5.74, 6) is -0.327. The van der Waals surface area contributed by atoms with Gasteiger partial charge in [0.05, 0.1) is 6.42 Å². The van der Waals surface area contributed by atoms with E-state index in [9.17, 15) is 4.79 Å². The largest absolute Gasteiger partial charge is 0.481 e. The molecule has 23 heavy (non-hydrogen) atoms. The van der Waals surface area contributed by atoms with E-state index in [4.69, 9.17) is 5.11 Å². The van der Waals surface area contributed by atoms with E-state index in [0.29, 0.717) is 5.75 Å². The van der Waals surface area contributed by atoms with Crippen molar-refractivity contribution in [1.82, 2.24) is 10.2 Å². The lowest BCUT2D eigenvalue weighted by atomic mass is 10.1. The van der Waals surface area contributed by atoms with Gasteiger partial charge in [-0.3, -0.25) is 4.79 Å². The number of aliphatic carboxylic acids is 1. The van der Waals surface area contributed by atoms with Gasteiger partial charge in [-0.1, -0.05) is 52.3 Å². The van der Waals surface area contributed by atoms with Crippen LogP contribution in [0.1, 0.15) is 6.42 Å². The Labute approximate surface area is 146 Å². The van der Waals surface area contributed by atoms with Gasteiger partial charge >= 0.3 is 5.97 Å². The maximum absolute atomic E-state index is 10.7. The van der Waals surface area contributed by atoms with Crippen molar-refractivity contribution in [2.24, 2.45) is 0 Å². The van der Waals surface area contributed by atoms with Crippen LogP contribution in [0, 0.1) is 0 Å². The number of carboxylic acid groups (broad SMARTS) is 1. The first-order chi connectivity index (χ1) is 11.1. The Kier molecular flexibility index (Phi) is 4.93. The van der Waals surface area contributed by atoms with Gasteiger partial charge in [0.15, 0.2) is 0 Å². The van der Waals surface area contributed by atoms with Gasteiger partial charge in [0.2, 0.25) is 0 Å². The van der Waals surface area contributed by atoms with Gasteiger partial charge in [0.1, 0.15) is 10.7 Å². The fraction of sp³-hybridized carbons (Fsp3) is 0.118. The summed E-state index contributed by atoms with van der Waals surface area (Å²) < 4.78 is 1.01. The molecule has 6 heteroatoms. The second kappa shape index (κ2) is 7.10. The number of hydrogen-bond acceptors (Lipinski definition) is 4. The van der Waals surface area contributed by atoms with Crippen LogP contribution in [0.2, 0.25) is 0 Å². The number of aromatic nitrogens is 2. The third-order valence-corrected chi connectivity index (χ3v) is 4.84. The Morgan fingerprint density at radius 2 is 1.74 bits per heavy atom. The lowest BCUT2D eigenvalue weighted by Gasteiger charge is -2.09. The molecule has 3 rings (SSSR count). The molecule has 0 spiro atoms. The van der Waals surface area contributed by atoms with Crippen molar-refractivity contribution >= 4 is 44.4 Å². The highest BCUT2D eigenvalue weighted by molar-refractivity contribution is 9.10. The van der Waals surface area contributed by atoms with Crippen LogP contribution >= 0.6 is 27.7 Å². The van der Waals surface area contributed by atoms with Crippen molar-refractivity contribution in [2.45, 2.75) is 11.4 Å². The van der Waals surface area contributed by atoms with Crippen molar-refractivity contribution in [3.8, 4) is 11.3 Å². The molecule has 116 valence electrons. The van der Waals surface area contributed by atoms with Gasteiger partial charge in [-0.05, 0) is 12.1 Å². The predicted molar refractivity (Wildman–Crippen MR) is 95.7 cm³/mol. The molecule has 1 N–H and O–H groups in total. The van der Waals surface area contributed by atoms with Gasteiger partial charge in [0.25, 0.3) is 0 Å². The highest BCUT2D eigenvalue weighted by atomic mass is 79.9. The highest BCUT2D eigenvalue weighted by Gasteiger charge is 2.11. The summed E-state index contributed by atoms with van der Waals surface area (Å²) >= 11 is 4.85. The van der Waals surface area contributed by atoms with Crippen LogP contribution in [0.15, 0.2) is 58.0 Å². The molecule has 0 saturated carbocycles. The molecule has 0 aliphatic carbocycles. The van der Waals surface area contributed by atoms with Crippen molar-refractivity contribution in [3.63, 3.8) is 0 Å². The summed E-state index contributed by atoms with van der Waals surface area (Å²) in [5, 5.41) is 20.2. The highest BCUT2D eigenvalue weighted by Crippen LogP contribution is 2.32. The van der Waals surface area contributed by atoms with E-state index in [-0.39, 0.29) is 6.42 Å². The Hall–Kier alpha value is -1.92. The van der Waals surface area contributed by atoms with Crippen LogP contribution in [-0.2, 0) is 4.79 Å². The number of carbonyl (C=O) groups is 1. The monoisotopic (exact) mass is 388 g/mol. The number of fused-ring (bicyclic) bond motifs is 1. The Morgan fingerprint density at radius 1 is 1.04 bits per heavy atom. The average molecular weight is 389 g/mol. The zero-order valence-electron chi connectivity index (χ0n) is 12.1. The van der Waals surface area contributed by atoms with Crippen LogP contribution in [0.5, 0.6) is 0 Å². The Morgan fingerprint density at radius 3 is 2.43 bits per heavy atom. The van der Waals surface area contributed by atoms with Gasteiger partial charge in [-0.25, -0.2) is 0 Å². The second-order valence-electron chi connectivity index (χ2n) is 4.90. The summed E-state index contributed by atoms with van der Waals surface area (Å²) in [6.07, 6.45) is 0.106. The van der Waals surface area contributed by atoms with E-state index >= 15 is 0 Å². The van der Waals surface area contributed by atoms with Crippen molar-refractivity contribution in [3.05, 3.63) is 53.0 Å². The first-order valence-corrected chi connectivity index (χ1v) is 8.79. The van der Waals surface area contributed by atoms with E-state index in [1.807, 2.05) is 48.5 Å². The number of halogens is 1. The van der Waals surface area contributed by atoms with Crippen molar-refractivity contribution in [1.29, 1.82) is 0 Å². The molecular formula is C17H13BrN2O2S. The molecule has 0 aliphatic heterocycles. The van der Waals surface area contributed by atoms with Crippen LogP contribution in [0.25, 0.3) is 22.0 Å². The van der Waals surface area contributed by atoms with Crippen molar-refractivity contribution < 1.29 is 9.90 Å². The summed E-state index contributed by atoms with van der Waals surface area (Å²) in [5.41, 5.74) is 1.83. The number of thioether (sulfide) groups is 1. The number of rotatable bonds is 5.